The van der Waals surface area contributed by atoms with Gasteiger partial charge in [0.25, 0.3) is 0 Å². The van der Waals surface area contributed by atoms with Gasteiger partial charge in [-0.2, -0.15) is 0 Å². The van der Waals surface area contributed by atoms with Gasteiger partial charge in [0.05, 0.1) is 5.69 Å². The van der Waals surface area contributed by atoms with Gasteiger partial charge in [-0.05, 0) is 18.2 Å². The highest BCUT2D eigenvalue weighted by Crippen LogP contribution is 2.23. The molecule has 0 heterocycles. The maximum Gasteiger partial charge on any atom is 0.352 e. The molecular formula is C8H10N2O3. The molecule has 0 amide bonds. The van der Waals surface area contributed by atoms with Crippen molar-refractivity contribution in [3.8, 4) is 5.75 Å². The first-order valence-corrected chi connectivity index (χ1v) is 3.59. The molecule has 13 heavy (non-hydrogen) atoms. The topological polar surface area (TPSA) is 87.6 Å². The molecule has 1 rings (SSSR count). The van der Waals surface area contributed by atoms with Gasteiger partial charge in [0, 0.05) is 12.6 Å². The van der Waals surface area contributed by atoms with Gasteiger partial charge in [-0.1, -0.05) is 0 Å². The molecule has 5 heteroatoms. The largest absolute Gasteiger partial charge is 0.399 e. The monoisotopic (exact) mass is 182 g/mol. The highest BCUT2D eigenvalue weighted by Gasteiger charge is 2.03. The van der Waals surface area contributed by atoms with E-state index in [4.69, 9.17) is 11.5 Å². The fraction of sp³-hybridized carbons (Fsp3) is 0.125. The van der Waals surface area contributed by atoms with E-state index in [2.05, 4.69) is 9.78 Å². The van der Waals surface area contributed by atoms with E-state index in [0.29, 0.717) is 11.4 Å². The highest BCUT2D eigenvalue weighted by atomic mass is 17.2. The van der Waals surface area contributed by atoms with Crippen LogP contribution in [0.1, 0.15) is 6.92 Å². The maximum absolute atomic E-state index is 10.4. The smallest absolute Gasteiger partial charge is 0.352 e. The number of carbonyl (C=O) groups is 1. The molecule has 0 aliphatic carbocycles. The third kappa shape index (κ3) is 2.55. The van der Waals surface area contributed by atoms with Crippen LogP contribution in [0.4, 0.5) is 11.4 Å². The van der Waals surface area contributed by atoms with E-state index in [1.54, 1.807) is 6.07 Å². The van der Waals surface area contributed by atoms with Crippen molar-refractivity contribution in [3.05, 3.63) is 18.2 Å². The molecule has 70 valence electrons. The number of hydrogen-bond donors (Lipinski definition) is 2. The molecule has 0 unspecified atom stereocenters. The zero-order chi connectivity index (χ0) is 9.84. The molecule has 1 aromatic carbocycles. The third-order valence-electron chi connectivity index (χ3n) is 1.28. The SMILES string of the molecule is CC(=O)OOc1ccc(N)cc1N. The van der Waals surface area contributed by atoms with Crippen LogP contribution in [-0.2, 0) is 9.68 Å². The van der Waals surface area contributed by atoms with Crippen molar-refractivity contribution in [3.63, 3.8) is 0 Å². The molecule has 1 aromatic rings. The van der Waals surface area contributed by atoms with E-state index in [0.717, 1.165) is 0 Å². The Bertz CT molecular complexity index is 325. The molecule has 0 saturated carbocycles. The van der Waals surface area contributed by atoms with Crippen LogP contribution in [0.25, 0.3) is 0 Å². The molecule has 0 spiro atoms. The van der Waals surface area contributed by atoms with E-state index in [9.17, 15) is 4.79 Å². The molecule has 5 nitrogen and oxygen atoms in total. The second-order valence-electron chi connectivity index (χ2n) is 2.46. The second kappa shape index (κ2) is 3.66. The zero-order valence-electron chi connectivity index (χ0n) is 7.11. The van der Waals surface area contributed by atoms with Crippen molar-refractivity contribution in [1.82, 2.24) is 0 Å². The number of rotatable bonds is 2. The van der Waals surface area contributed by atoms with Crippen LogP contribution in [-0.4, -0.2) is 5.97 Å². The molecule has 0 fully saturated rings. The maximum atomic E-state index is 10.4. The molecule has 0 bridgehead atoms. The van der Waals surface area contributed by atoms with Gasteiger partial charge in [0.2, 0.25) is 5.75 Å². The zero-order valence-corrected chi connectivity index (χ0v) is 7.11. The van der Waals surface area contributed by atoms with Crippen molar-refractivity contribution >= 4 is 17.3 Å². The van der Waals surface area contributed by atoms with E-state index in [1.807, 2.05) is 0 Å². The van der Waals surface area contributed by atoms with Crippen molar-refractivity contribution in [2.75, 3.05) is 11.5 Å². The standard InChI is InChI=1S/C8H10N2O3/c1-5(11)12-13-8-3-2-6(9)4-7(8)10/h2-4H,9-10H2,1H3. The van der Waals surface area contributed by atoms with Crippen LogP contribution >= 0.6 is 0 Å². The van der Waals surface area contributed by atoms with Gasteiger partial charge in [-0.3, -0.25) is 9.78 Å². The first-order valence-electron chi connectivity index (χ1n) is 3.59. The summed E-state index contributed by atoms with van der Waals surface area (Å²) in [6.45, 7) is 1.23. The Morgan fingerprint density at radius 2 is 2.08 bits per heavy atom. The number of hydrogen-bond acceptors (Lipinski definition) is 5. The van der Waals surface area contributed by atoms with Gasteiger partial charge < -0.3 is 11.5 Å². The van der Waals surface area contributed by atoms with Crippen molar-refractivity contribution in [2.45, 2.75) is 6.92 Å². The van der Waals surface area contributed by atoms with Gasteiger partial charge in [0.1, 0.15) is 0 Å². The summed E-state index contributed by atoms with van der Waals surface area (Å²) >= 11 is 0. The van der Waals surface area contributed by atoms with E-state index in [-0.39, 0.29) is 5.75 Å². The number of anilines is 2. The summed E-state index contributed by atoms with van der Waals surface area (Å²) in [6.07, 6.45) is 0. The Morgan fingerprint density at radius 3 is 2.62 bits per heavy atom. The minimum absolute atomic E-state index is 0.268. The normalized spacial score (nSPS) is 9.31. The minimum atomic E-state index is -0.545. The van der Waals surface area contributed by atoms with Crippen molar-refractivity contribution in [1.29, 1.82) is 0 Å². The van der Waals surface area contributed by atoms with E-state index < -0.39 is 5.97 Å². The summed E-state index contributed by atoms with van der Waals surface area (Å²) in [7, 11) is 0. The summed E-state index contributed by atoms with van der Waals surface area (Å²) in [5.74, 6) is -0.277. The number of nitrogen functional groups attached to an aromatic ring is 2. The summed E-state index contributed by atoms with van der Waals surface area (Å²) in [5.41, 5.74) is 11.8. The molecule has 0 atom stereocenters. The van der Waals surface area contributed by atoms with E-state index >= 15 is 0 Å². The van der Waals surface area contributed by atoms with Gasteiger partial charge in [-0.25, -0.2) is 4.79 Å². The summed E-state index contributed by atoms with van der Waals surface area (Å²) in [4.78, 5) is 19.3. The van der Waals surface area contributed by atoms with Crippen LogP contribution in [0.2, 0.25) is 0 Å². The fourth-order valence-electron chi connectivity index (χ4n) is 0.746. The first kappa shape index (κ1) is 9.18. The lowest BCUT2D eigenvalue weighted by atomic mass is 10.3. The number of nitrogens with two attached hydrogens (primary N) is 2. The predicted molar refractivity (Wildman–Crippen MR) is 47.7 cm³/mol. The summed E-state index contributed by atoms with van der Waals surface area (Å²) in [6, 6.07) is 4.63. The fourth-order valence-corrected chi connectivity index (χ4v) is 0.746. The number of benzene rings is 1. The first-order chi connectivity index (χ1) is 6.09. The number of carbonyl (C=O) groups excluding carboxylic acids is 1. The predicted octanol–water partition coefficient (Wildman–Crippen LogP) is 0.708. The van der Waals surface area contributed by atoms with Gasteiger partial charge in [-0.15, -0.1) is 0 Å². The Hall–Kier alpha value is -1.91. The van der Waals surface area contributed by atoms with Crippen molar-refractivity contribution < 1.29 is 14.6 Å². The lowest BCUT2D eigenvalue weighted by Crippen LogP contribution is -2.04. The Labute approximate surface area is 75.2 Å². The summed E-state index contributed by atoms with van der Waals surface area (Å²) < 4.78 is 0. The Balaban J connectivity index is 2.72. The van der Waals surface area contributed by atoms with Gasteiger partial charge >= 0.3 is 5.97 Å². The van der Waals surface area contributed by atoms with E-state index in [1.165, 1.54) is 19.1 Å². The van der Waals surface area contributed by atoms with Crippen LogP contribution < -0.4 is 16.4 Å². The molecule has 0 aliphatic rings. The van der Waals surface area contributed by atoms with Crippen molar-refractivity contribution in [2.24, 2.45) is 0 Å². The average molecular weight is 182 g/mol. The third-order valence-corrected chi connectivity index (χ3v) is 1.28. The Kier molecular flexibility index (Phi) is 2.59. The molecule has 0 saturated heterocycles. The van der Waals surface area contributed by atoms with Gasteiger partial charge in [0.15, 0.2) is 0 Å². The molecule has 0 aromatic heterocycles. The van der Waals surface area contributed by atoms with Crippen LogP contribution in [0.5, 0.6) is 5.75 Å². The molecular weight excluding hydrogens is 172 g/mol. The quantitative estimate of drug-likeness (QED) is 0.399. The molecule has 0 aliphatic heterocycles. The van der Waals surface area contributed by atoms with Crippen LogP contribution in [0, 0.1) is 0 Å². The molecule has 4 N–H and O–H groups in total. The lowest BCUT2D eigenvalue weighted by molar-refractivity contribution is -0.210. The van der Waals surface area contributed by atoms with Crippen LogP contribution in [0.3, 0.4) is 0 Å². The Morgan fingerprint density at radius 1 is 1.38 bits per heavy atom. The minimum Gasteiger partial charge on any atom is -0.399 e. The highest BCUT2D eigenvalue weighted by molar-refractivity contribution is 5.66. The second-order valence-corrected chi connectivity index (χ2v) is 2.46. The summed E-state index contributed by atoms with van der Waals surface area (Å²) in [5, 5.41) is 0. The lowest BCUT2D eigenvalue weighted by Gasteiger charge is -2.05. The molecule has 0 radical (unpaired) electrons. The van der Waals surface area contributed by atoms with Crippen LogP contribution in [0.15, 0.2) is 18.2 Å². The average Bonchev–Trinajstić information content (AvgIpc) is 2.02.